The van der Waals surface area contributed by atoms with Gasteiger partial charge in [0, 0.05) is 15.4 Å². The molecule has 0 aliphatic heterocycles. The maximum absolute atomic E-state index is 5.57. The highest BCUT2D eigenvalue weighted by atomic mass is 79.9. The molecule has 0 amide bonds. The summed E-state index contributed by atoms with van der Waals surface area (Å²) in [6, 6.07) is 3.94. The van der Waals surface area contributed by atoms with Gasteiger partial charge < -0.3 is 10.7 Å². The Morgan fingerprint density at radius 3 is 2.92 bits per heavy atom. The third kappa shape index (κ3) is 1.46. The minimum absolute atomic E-state index is 0.454. The van der Waals surface area contributed by atoms with Crippen molar-refractivity contribution in [1.82, 2.24) is 9.97 Å². The summed E-state index contributed by atoms with van der Waals surface area (Å²) in [4.78, 5) is 7.19. The van der Waals surface area contributed by atoms with E-state index >= 15 is 0 Å². The molecule has 68 valence electrons. The van der Waals surface area contributed by atoms with E-state index in [0.29, 0.717) is 5.95 Å². The molecule has 0 aliphatic rings. The SMILES string of the molecule is Nc1nc2c(CBr)c(Br)ccc2[nH]1. The maximum Gasteiger partial charge on any atom is 0.198 e. The third-order valence-corrected chi connectivity index (χ3v) is 3.16. The number of aromatic nitrogens is 2. The van der Waals surface area contributed by atoms with Gasteiger partial charge in [0.15, 0.2) is 5.95 Å². The highest BCUT2D eigenvalue weighted by molar-refractivity contribution is 9.10. The van der Waals surface area contributed by atoms with Gasteiger partial charge in [0.25, 0.3) is 0 Å². The van der Waals surface area contributed by atoms with E-state index in [2.05, 4.69) is 41.8 Å². The molecule has 0 saturated carbocycles. The Morgan fingerprint density at radius 1 is 1.46 bits per heavy atom. The van der Waals surface area contributed by atoms with Gasteiger partial charge in [0.05, 0.1) is 11.0 Å². The fourth-order valence-electron chi connectivity index (χ4n) is 1.25. The second-order valence-electron chi connectivity index (χ2n) is 2.68. The van der Waals surface area contributed by atoms with Crippen molar-refractivity contribution in [3.8, 4) is 0 Å². The maximum atomic E-state index is 5.57. The van der Waals surface area contributed by atoms with Crippen molar-refractivity contribution < 1.29 is 0 Å². The van der Waals surface area contributed by atoms with Crippen molar-refractivity contribution in [3.63, 3.8) is 0 Å². The number of aromatic amines is 1. The number of nitrogens with zero attached hydrogens (tertiary/aromatic N) is 1. The Labute approximate surface area is 92.0 Å². The number of hydrogen-bond acceptors (Lipinski definition) is 2. The predicted molar refractivity (Wildman–Crippen MR) is 60.8 cm³/mol. The summed E-state index contributed by atoms with van der Waals surface area (Å²) >= 11 is 6.88. The van der Waals surface area contributed by atoms with Crippen LogP contribution in [-0.4, -0.2) is 9.97 Å². The van der Waals surface area contributed by atoms with Gasteiger partial charge in [-0.25, -0.2) is 4.98 Å². The van der Waals surface area contributed by atoms with Crippen molar-refractivity contribution in [2.45, 2.75) is 5.33 Å². The van der Waals surface area contributed by atoms with E-state index in [1.165, 1.54) is 0 Å². The molecule has 0 spiro atoms. The quantitative estimate of drug-likeness (QED) is 0.796. The van der Waals surface area contributed by atoms with Crippen molar-refractivity contribution in [2.75, 3.05) is 5.73 Å². The van der Waals surface area contributed by atoms with E-state index in [-0.39, 0.29) is 0 Å². The van der Waals surface area contributed by atoms with Crippen LogP contribution in [0.4, 0.5) is 5.95 Å². The van der Waals surface area contributed by atoms with Gasteiger partial charge in [0.1, 0.15) is 0 Å². The summed E-state index contributed by atoms with van der Waals surface area (Å²) in [7, 11) is 0. The zero-order valence-corrected chi connectivity index (χ0v) is 9.81. The molecule has 0 radical (unpaired) electrons. The molecule has 0 fully saturated rings. The van der Waals surface area contributed by atoms with Crippen LogP contribution in [0.3, 0.4) is 0 Å². The predicted octanol–water partition coefficient (Wildman–Crippen LogP) is 2.80. The number of benzene rings is 1. The standard InChI is InChI=1S/C8H7Br2N3/c9-3-4-5(10)1-2-6-7(4)13-8(11)12-6/h1-2H,3H2,(H3,11,12,13). The molecule has 0 bridgehead atoms. The van der Waals surface area contributed by atoms with Crippen LogP contribution in [0.5, 0.6) is 0 Å². The molecule has 2 rings (SSSR count). The number of rotatable bonds is 1. The zero-order chi connectivity index (χ0) is 9.42. The van der Waals surface area contributed by atoms with Crippen LogP contribution in [0.1, 0.15) is 5.56 Å². The van der Waals surface area contributed by atoms with E-state index in [1.807, 2.05) is 12.1 Å². The first kappa shape index (κ1) is 9.02. The second-order valence-corrected chi connectivity index (χ2v) is 4.09. The van der Waals surface area contributed by atoms with E-state index < -0.39 is 0 Å². The minimum Gasteiger partial charge on any atom is -0.369 e. The Morgan fingerprint density at radius 2 is 2.23 bits per heavy atom. The summed E-state index contributed by atoms with van der Waals surface area (Å²) in [5, 5.41) is 0.759. The van der Waals surface area contributed by atoms with Gasteiger partial charge in [-0.3, -0.25) is 0 Å². The van der Waals surface area contributed by atoms with Crippen LogP contribution in [0.2, 0.25) is 0 Å². The molecule has 3 nitrogen and oxygen atoms in total. The summed E-state index contributed by atoms with van der Waals surface area (Å²) in [6.45, 7) is 0. The first-order chi connectivity index (χ1) is 6.22. The largest absolute Gasteiger partial charge is 0.369 e. The second kappa shape index (κ2) is 3.31. The van der Waals surface area contributed by atoms with Crippen LogP contribution in [0.25, 0.3) is 11.0 Å². The van der Waals surface area contributed by atoms with Gasteiger partial charge in [-0.15, -0.1) is 0 Å². The molecule has 0 aliphatic carbocycles. The fraction of sp³-hybridized carbons (Fsp3) is 0.125. The number of nitrogens with one attached hydrogen (secondary N) is 1. The van der Waals surface area contributed by atoms with E-state index in [0.717, 1.165) is 26.4 Å². The number of fused-ring (bicyclic) bond motifs is 1. The molecule has 0 unspecified atom stereocenters. The van der Waals surface area contributed by atoms with Gasteiger partial charge in [-0.1, -0.05) is 31.9 Å². The number of hydrogen-bond donors (Lipinski definition) is 2. The summed E-state index contributed by atoms with van der Waals surface area (Å²) < 4.78 is 1.04. The molecule has 0 saturated heterocycles. The lowest BCUT2D eigenvalue weighted by atomic mass is 10.2. The fourth-order valence-corrected chi connectivity index (χ4v) is 2.66. The topological polar surface area (TPSA) is 54.7 Å². The Kier molecular flexibility index (Phi) is 2.29. The Balaban J connectivity index is 2.82. The van der Waals surface area contributed by atoms with Crippen molar-refractivity contribution in [1.29, 1.82) is 0 Å². The van der Waals surface area contributed by atoms with Gasteiger partial charge in [-0.05, 0) is 12.1 Å². The molecule has 1 aromatic carbocycles. The highest BCUT2D eigenvalue weighted by Crippen LogP contribution is 2.27. The van der Waals surface area contributed by atoms with E-state index in [1.54, 1.807) is 0 Å². The lowest BCUT2D eigenvalue weighted by molar-refractivity contribution is 1.34. The first-order valence-electron chi connectivity index (χ1n) is 3.71. The average molecular weight is 305 g/mol. The van der Waals surface area contributed by atoms with Gasteiger partial charge >= 0.3 is 0 Å². The van der Waals surface area contributed by atoms with Gasteiger partial charge in [-0.2, -0.15) is 0 Å². The summed E-state index contributed by atoms with van der Waals surface area (Å²) in [6.07, 6.45) is 0. The number of nitrogens with two attached hydrogens (primary N) is 1. The molecule has 0 atom stereocenters. The third-order valence-electron chi connectivity index (χ3n) is 1.85. The molecule has 5 heteroatoms. The Hall–Kier alpha value is -0.550. The molecular weight excluding hydrogens is 298 g/mol. The molecular formula is C8H7Br2N3. The smallest absolute Gasteiger partial charge is 0.198 e. The molecule has 13 heavy (non-hydrogen) atoms. The van der Waals surface area contributed by atoms with E-state index in [9.17, 15) is 0 Å². The molecule has 3 N–H and O–H groups in total. The number of halogens is 2. The summed E-state index contributed by atoms with van der Waals surface area (Å²) in [5.74, 6) is 0.454. The van der Waals surface area contributed by atoms with Crippen LogP contribution < -0.4 is 5.73 Å². The van der Waals surface area contributed by atoms with Gasteiger partial charge in [0.2, 0.25) is 0 Å². The van der Waals surface area contributed by atoms with Crippen molar-refractivity contribution in [3.05, 3.63) is 22.2 Å². The van der Waals surface area contributed by atoms with E-state index in [4.69, 9.17) is 5.73 Å². The number of H-pyrrole nitrogens is 1. The summed E-state index contributed by atoms with van der Waals surface area (Å²) in [5.41, 5.74) is 8.57. The monoisotopic (exact) mass is 303 g/mol. The number of anilines is 1. The van der Waals surface area contributed by atoms with Crippen molar-refractivity contribution >= 4 is 48.8 Å². The van der Waals surface area contributed by atoms with Crippen LogP contribution in [-0.2, 0) is 5.33 Å². The van der Waals surface area contributed by atoms with Crippen LogP contribution in [0.15, 0.2) is 16.6 Å². The normalized spacial score (nSPS) is 10.9. The molecule has 1 aromatic heterocycles. The number of nitrogen functional groups attached to an aromatic ring is 1. The first-order valence-corrected chi connectivity index (χ1v) is 5.62. The minimum atomic E-state index is 0.454. The lowest BCUT2D eigenvalue weighted by Gasteiger charge is -1.99. The zero-order valence-electron chi connectivity index (χ0n) is 6.64. The van der Waals surface area contributed by atoms with Crippen molar-refractivity contribution in [2.24, 2.45) is 0 Å². The number of alkyl halides is 1. The van der Waals surface area contributed by atoms with Crippen LogP contribution >= 0.6 is 31.9 Å². The lowest BCUT2D eigenvalue weighted by Crippen LogP contribution is -1.85. The van der Waals surface area contributed by atoms with Crippen LogP contribution in [0, 0.1) is 0 Å². The average Bonchev–Trinajstić information content (AvgIpc) is 2.45. The molecule has 1 heterocycles. The highest BCUT2D eigenvalue weighted by Gasteiger charge is 2.07. The molecule has 2 aromatic rings. The number of imidazole rings is 1. The Bertz CT molecular complexity index is 450.